The van der Waals surface area contributed by atoms with Gasteiger partial charge in [0.05, 0.1) is 25.4 Å². The van der Waals surface area contributed by atoms with Crippen molar-refractivity contribution in [3.05, 3.63) is 48.6 Å². The first-order valence-electron chi connectivity index (χ1n) is 25.9. The van der Waals surface area contributed by atoms with Crippen LogP contribution in [0.3, 0.4) is 0 Å². The summed E-state index contributed by atoms with van der Waals surface area (Å²) < 4.78 is 11.2. The molecule has 0 radical (unpaired) electrons. The Morgan fingerprint density at radius 1 is 0.532 bits per heavy atom. The normalized spacial score (nSPS) is 20.7. The topological polar surface area (TPSA) is 149 Å². The van der Waals surface area contributed by atoms with Gasteiger partial charge in [-0.15, -0.1) is 0 Å². The second-order valence-corrected chi connectivity index (χ2v) is 17.9. The molecule has 0 aromatic carbocycles. The Labute approximate surface area is 380 Å². The molecule has 362 valence electrons. The lowest BCUT2D eigenvalue weighted by molar-refractivity contribution is -0.302. The Hall–Kier alpha value is -1.85. The van der Waals surface area contributed by atoms with E-state index in [0.29, 0.717) is 6.42 Å². The molecule has 7 atom stereocenters. The van der Waals surface area contributed by atoms with Crippen LogP contribution in [0.1, 0.15) is 226 Å². The smallest absolute Gasteiger partial charge is 0.220 e. The van der Waals surface area contributed by atoms with Gasteiger partial charge in [0.15, 0.2) is 6.29 Å². The molecule has 1 amide bonds. The molecule has 62 heavy (non-hydrogen) atoms. The van der Waals surface area contributed by atoms with E-state index >= 15 is 0 Å². The van der Waals surface area contributed by atoms with Crippen molar-refractivity contribution in [2.45, 2.75) is 269 Å². The number of allylic oxidation sites excluding steroid dienone is 7. The number of carbonyl (C=O) groups is 1. The van der Waals surface area contributed by atoms with Gasteiger partial charge in [-0.25, -0.2) is 0 Å². The lowest BCUT2D eigenvalue weighted by atomic mass is 9.99. The zero-order chi connectivity index (χ0) is 45.1. The molecule has 1 aliphatic heterocycles. The summed E-state index contributed by atoms with van der Waals surface area (Å²) in [6, 6.07) is -0.832. The molecule has 1 heterocycles. The van der Waals surface area contributed by atoms with Crippen molar-refractivity contribution in [3.63, 3.8) is 0 Å². The van der Waals surface area contributed by atoms with E-state index < -0.39 is 49.5 Å². The van der Waals surface area contributed by atoms with Crippen LogP contribution >= 0.6 is 0 Å². The van der Waals surface area contributed by atoms with Crippen LogP contribution in [-0.2, 0) is 14.3 Å². The minimum Gasteiger partial charge on any atom is -0.394 e. The summed E-state index contributed by atoms with van der Waals surface area (Å²) in [5.74, 6) is -0.200. The minimum atomic E-state index is -1.58. The van der Waals surface area contributed by atoms with E-state index in [1.807, 2.05) is 6.08 Å². The summed E-state index contributed by atoms with van der Waals surface area (Å²) in [5, 5.41) is 54.3. The summed E-state index contributed by atoms with van der Waals surface area (Å²) in [6.45, 7) is 3.74. The van der Waals surface area contributed by atoms with Gasteiger partial charge < -0.3 is 40.3 Å². The van der Waals surface area contributed by atoms with Gasteiger partial charge in [-0.05, 0) is 70.6 Å². The largest absolute Gasteiger partial charge is 0.394 e. The second-order valence-electron chi connectivity index (χ2n) is 17.9. The molecule has 6 N–H and O–H groups in total. The number of unbranched alkanes of at least 4 members (excludes halogenated alkanes) is 27. The lowest BCUT2D eigenvalue weighted by Crippen LogP contribution is -2.60. The van der Waals surface area contributed by atoms with Crippen molar-refractivity contribution in [3.8, 4) is 0 Å². The van der Waals surface area contributed by atoms with Crippen LogP contribution < -0.4 is 5.32 Å². The van der Waals surface area contributed by atoms with Crippen LogP contribution in [0.4, 0.5) is 0 Å². The molecule has 1 rings (SSSR count). The van der Waals surface area contributed by atoms with Crippen molar-refractivity contribution >= 4 is 5.91 Å². The molecule has 0 bridgehead atoms. The maximum Gasteiger partial charge on any atom is 0.220 e. The van der Waals surface area contributed by atoms with E-state index in [9.17, 15) is 30.3 Å². The highest BCUT2D eigenvalue weighted by Crippen LogP contribution is 2.23. The second kappa shape index (κ2) is 43.1. The Kier molecular flexibility index (Phi) is 40.4. The minimum absolute atomic E-state index is 0.200. The molecule has 0 saturated carbocycles. The summed E-state index contributed by atoms with van der Waals surface area (Å²) in [5.41, 5.74) is 0. The standard InChI is InChI=1S/C53H97NO8/c1-3-5-7-9-11-13-15-17-19-20-21-22-23-24-25-26-27-28-29-30-32-34-36-38-40-42-47(56)46(45-61-53-52(60)51(59)50(58)48(44-55)62-53)54-49(57)43-41-39-37-35-33-31-18-16-14-12-10-8-6-4-2/h16,18,27-28,32,34,40,42,46-48,50-53,55-56,58-60H,3-15,17,19-26,29-31,33,35-39,41,43-45H2,1-2H3,(H,54,57)/b18-16-,28-27+,34-32+,42-40+. The summed E-state index contributed by atoms with van der Waals surface area (Å²) >= 11 is 0. The maximum atomic E-state index is 13.0. The van der Waals surface area contributed by atoms with Gasteiger partial charge in [0, 0.05) is 6.42 Å². The fraction of sp³-hybridized carbons (Fsp3) is 0.830. The highest BCUT2D eigenvalue weighted by Gasteiger charge is 2.44. The Bertz CT molecular complexity index is 1110. The van der Waals surface area contributed by atoms with Crippen LogP contribution in [0.5, 0.6) is 0 Å². The van der Waals surface area contributed by atoms with Crippen molar-refractivity contribution in [2.24, 2.45) is 0 Å². The molecular formula is C53H97NO8. The number of ether oxygens (including phenoxy) is 2. The third-order valence-corrected chi connectivity index (χ3v) is 12.1. The maximum absolute atomic E-state index is 13.0. The van der Waals surface area contributed by atoms with Gasteiger partial charge in [-0.2, -0.15) is 0 Å². The van der Waals surface area contributed by atoms with Crippen LogP contribution in [0, 0.1) is 0 Å². The number of hydrogen-bond donors (Lipinski definition) is 6. The zero-order valence-electron chi connectivity index (χ0n) is 39.9. The number of nitrogens with one attached hydrogen (secondary N) is 1. The molecule has 0 aromatic rings. The van der Waals surface area contributed by atoms with Crippen molar-refractivity contribution in [1.29, 1.82) is 0 Å². The fourth-order valence-corrected chi connectivity index (χ4v) is 7.95. The molecule has 0 spiro atoms. The molecule has 0 aliphatic carbocycles. The van der Waals surface area contributed by atoms with Crippen molar-refractivity contribution in [2.75, 3.05) is 13.2 Å². The highest BCUT2D eigenvalue weighted by atomic mass is 16.7. The number of rotatable bonds is 43. The van der Waals surface area contributed by atoms with Gasteiger partial charge in [0.1, 0.15) is 24.4 Å². The Morgan fingerprint density at radius 3 is 1.35 bits per heavy atom. The van der Waals surface area contributed by atoms with E-state index in [2.05, 4.69) is 55.6 Å². The molecule has 1 saturated heterocycles. The quantitative estimate of drug-likeness (QED) is 0.0262. The van der Waals surface area contributed by atoms with Crippen LogP contribution in [0.2, 0.25) is 0 Å². The summed E-state index contributed by atoms with van der Waals surface area (Å²) in [7, 11) is 0. The molecule has 0 aromatic heterocycles. The average Bonchev–Trinajstić information content (AvgIpc) is 3.27. The SMILES string of the molecule is CCCCCCC/C=C\CCCCCCCC(=O)NC(COC1OC(CO)C(O)C(O)C1O)C(O)/C=C/CC/C=C/CC/C=C/CCCCCCCCCCCCCCCCC. The first-order valence-corrected chi connectivity index (χ1v) is 25.9. The highest BCUT2D eigenvalue weighted by molar-refractivity contribution is 5.76. The molecule has 1 fully saturated rings. The van der Waals surface area contributed by atoms with Gasteiger partial charge in [-0.3, -0.25) is 4.79 Å². The summed E-state index contributed by atoms with van der Waals surface area (Å²) in [4.78, 5) is 13.0. The zero-order valence-corrected chi connectivity index (χ0v) is 39.9. The predicted octanol–water partition coefficient (Wildman–Crippen LogP) is 11.8. The van der Waals surface area contributed by atoms with E-state index in [-0.39, 0.29) is 12.5 Å². The van der Waals surface area contributed by atoms with Gasteiger partial charge >= 0.3 is 0 Å². The van der Waals surface area contributed by atoms with Gasteiger partial charge in [-0.1, -0.05) is 197 Å². The van der Waals surface area contributed by atoms with Crippen molar-refractivity contribution < 1.29 is 39.8 Å². The Morgan fingerprint density at radius 2 is 0.919 bits per heavy atom. The number of hydrogen-bond acceptors (Lipinski definition) is 8. The number of aliphatic hydroxyl groups excluding tert-OH is 5. The number of aliphatic hydroxyl groups is 5. The number of carbonyl (C=O) groups excluding carboxylic acids is 1. The number of amides is 1. The molecule has 1 aliphatic rings. The first kappa shape index (κ1) is 58.2. The third kappa shape index (κ3) is 32.8. The lowest BCUT2D eigenvalue weighted by Gasteiger charge is -2.40. The Balaban J connectivity index is 2.31. The summed E-state index contributed by atoms with van der Waals surface area (Å²) in [6.07, 6.45) is 48.9. The molecule has 7 unspecified atom stereocenters. The average molecular weight is 876 g/mol. The van der Waals surface area contributed by atoms with E-state index in [0.717, 1.165) is 64.2 Å². The predicted molar refractivity (Wildman–Crippen MR) is 258 cm³/mol. The molecular weight excluding hydrogens is 779 g/mol. The van der Waals surface area contributed by atoms with Crippen LogP contribution in [0.25, 0.3) is 0 Å². The van der Waals surface area contributed by atoms with Crippen LogP contribution in [-0.4, -0.2) is 87.5 Å². The molecule has 9 nitrogen and oxygen atoms in total. The van der Waals surface area contributed by atoms with E-state index in [1.54, 1.807) is 6.08 Å². The van der Waals surface area contributed by atoms with E-state index in [4.69, 9.17) is 9.47 Å². The van der Waals surface area contributed by atoms with E-state index in [1.165, 1.54) is 141 Å². The van der Waals surface area contributed by atoms with Gasteiger partial charge in [0.2, 0.25) is 5.91 Å². The monoisotopic (exact) mass is 876 g/mol. The third-order valence-electron chi connectivity index (χ3n) is 12.1. The first-order chi connectivity index (χ1) is 30.3. The fourth-order valence-electron chi connectivity index (χ4n) is 7.95. The van der Waals surface area contributed by atoms with Crippen LogP contribution in [0.15, 0.2) is 48.6 Å². The van der Waals surface area contributed by atoms with Crippen molar-refractivity contribution in [1.82, 2.24) is 5.32 Å². The molecule has 9 heteroatoms. The van der Waals surface area contributed by atoms with Gasteiger partial charge in [0.25, 0.3) is 0 Å².